The zero-order chi connectivity index (χ0) is 19.7. The maximum Gasteiger partial charge on any atom is 0.255 e. The van der Waals surface area contributed by atoms with E-state index in [1.54, 1.807) is 11.0 Å². The van der Waals surface area contributed by atoms with Crippen molar-refractivity contribution >= 4 is 23.5 Å². The maximum atomic E-state index is 12.8. The molecule has 9 heteroatoms. The van der Waals surface area contributed by atoms with Gasteiger partial charge in [-0.15, -0.1) is 0 Å². The van der Waals surface area contributed by atoms with Crippen molar-refractivity contribution < 1.29 is 14.4 Å². The van der Waals surface area contributed by atoms with Crippen molar-refractivity contribution in [2.45, 2.75) is 38.4 Å². The van der Waals surface area contributed by atoms with Crippen LogP contribution in [0.2, 0.25) is 0 Å². The second-order valence-electron chi connectivity index (χ2n) is 7.01. The average molecular weight is 382 g/mol. The van der Waals surface area contributed by atoms with Crippen LogP contribution in [0.4, 0.5) is 5.82 Å². The van der Waals surface area contributed by atoms with Gasteiger partial charge in [0.1, 0.15) is 11.9 Å². The third kappa shape index (κ3) is 3.36. The molecule has 1 unspecified atom stereocenters. The van der Waals surface area contributed by atoms with Gasteiger partial charge in [0, 0.05) is 43.3 Å². The molecule has 2 aliphatic rings. The summed E-state index contributed by atoms with van der Waals surface area (Å²) in [5.41, 5.74) is 9.00. The lowest BCUT2D eigenvalue weighted by molar-refractivity contribution is -0.136. The summed E-state index contributed by atoms with van der Waals surface area (Å²) in [7, 11) is 0. The van der Waals surface area contributed by atoms with Crippen LogP contribution in [-0.2, 0) is 29.1 Å². The van der Waals surface area contributed by atoms with Gasteiger partial charge in [-0.3, -0.25) is 24.8 Å². The third-order valence-electron chi connectivity index (χ3n) is 5.18. The number of imide groups is 1. The first-order valence-electron chi connectivity index (χ1n) is 9.30. The van der Waals surface area contributed by atoms with Crippen LogP contribution in [0, 0.1) is 0 Å². The van der Waals surface area contributed by atoms with Crippen LogP contribution in [0.1, 0.15) is 40.0 Å². The number of hydrogen-bond acceptors (Lipinski definition) is 6. The highest BCUT2D eigenvalue weighted by atomic mass is 16.2. The number of nitrogens with two attached hydrogens (primary N) is 1. The zero-order valence-corrected chi connectivity index (χ0v) is 15.3. The van der Waals surface area contributed by atoms with Crippen LogP contribution in [-0.4, -0.2) is 45.4 Å². The van der Waals surface area contributed by atoms with Crippen LogP contribution in [0.25, 0.3) is 0 Å². The highest BCUT2D eigenvalue weighted by Crippen LogP contribution is 2.30. The summed E-state index contributed by atoms with van der Waals surface area (Å²) in [6.07, 6.45) is 1.33. The molecule has 3 heterocycles. The van der Waals surface area contributed by atoms with E-state index in [4.69, 9.17) is 5.73 Å². The van der Waals surface area contributed by atoms with E-state index < -0.39 is 11.9 Å². The van der Waals surface area contributed by atoms with Crippen molar-refractivity contribution in [2.75, 3.05) is 11.9 Å². The number of benzene rings is 1. The Bertz CT molecular complexity index is 938. The van der Waals surface area contributed by atoms with Crippen LogP contribution < -0.4 is 16.4 Å². The second kappa shape index (κ2) is 7.43. The molecule has 1 fully saturated rings. The number of hydrogen-bond donors (Lipinski definition) is 4. The van der Waals surface area contributed by atoms with Crippen LogP contribution in [0.3, 0.4) is 0 Å². The Morgan fingerprint density at radius 3 is 2.93 bits per heavy atom. The van der Waals surface area contributed by atoms with E-state index in [0.717, 1.165) is 23.2 Å². The number of carbonyl (C=O) groups excluding carboxylic acids is 3. The summed E-state index contributed by atoms with van der Waals surface area (Å²) >= 11 is 0. The molecule has 2 aromatic rings. The fourth-order valence-electron chi connectivity index (χ4n) is 3.74. The number of anilines is 1. The number of piperidine rings is 1. The van der Waals surface area contributed by atoms with Gasteiger partial charge in [-0.05, 0) is 30.2 Å². The van der Waals surface area contributed by atoms with Crippen molar-refractivity contribution in [3.63, 3.8) is 0 Å². The molecule has 3 amide bonds. The molecule has 0 spiro atoms. The summed E-state index contributed by atoms with van der Waals surface area (Å²) in [5.74, 6) is -0.145. The Labute approximate surface area is 161 Å². The minimum Gasteiger partial charge on any atom is -0.365 e. The molecule has 4 rings (SSSR count). The molecule has 1 aromatic carbocycles. The van der Waals surface area contributed by atoms with Crippen LogP contribution in [0.15, 0.2) is 24.3 Å². The Morgan fingerprint density at radius 2 is 2.14 bits per heavy atom. The Kier molecular flexibility index (Phi) is 4.82. The predicted octanol–water partition coefficient (Wildman–Crippen LogP) is 0.284. The number of nitrogens with one attached hydrogen (secondary N) is 3. The first-order valence-corrected chi connectivity index (χ1v) is 9.30. The van der Waals surface area contributed by atoms with Crippen LogP contribution in [0.5, 0.6) is 0 Å². The van der Waals surface area contributed by atoms with Gasteiger partial charge >= 0.3 is 0 Å². The Morgan fingerprint density at radius 1 is 1.29 bits per heavy atom. The molecule has 146 valence electrons. The van der Waals surface area contributed by atoms with Gasteiger partial charge in [0.15, 0.2) is 0 Å². The first-order chi connectivity index (χ1) is 13.6. The molecule has 1 atom stereocenters. The molecule has 1 saturated heterocycles. The summed E-state index contributed by atoms with van der Waals surface area (Å²) in [6, 6.07) is 6.88. The molecule has 2 aliphatic heterocycles. The Balaban J connectivity index is 1.49. The first kappa shape index (κ1) is 18.2. The molecule has 1 aromatic heterocycles. The largest absolute Gasteiger partial charge is 0.365 e. The molecule has 28 heavy (non-hydrogen) atoms. The van der Waals surface area contributed by atoms with Crippen molar-refractivity contribution in [1.82, 2.24) is 20.4 Å². The van der Waals surface area contributed by atoms with Crippen molar-refractivity contribution in [1.29, 1.82) is 0 Å². The van der Waals surface area contributed by atoms with Crippen LogP contribution >= 0.6 is 0 Å². The van der Waals surface area contributed by atoms with Crippen molar-refractivity contribution in [3.8, 4) is 0 Å². The maximum absolute atomic E-state index is 12.8. The molecule has 9 nitrogen and oxygen atoms in total. The summed E-state index contributed by atoms with van der Waals surface area (Å²) in [6.45, 7) is 1.41. The smallest absolute Gasteiger partial charge is 0.255 e. The SMILES string of the molecule is NCCc1cc(NCc2cccc3c2CN(C2CCC(=O)NC2=O)C3=O)n[nH]1. The molecular weight excluding hydrogens is 360 g/mol. The summed E-state index contributed by atoms with van der Waals surface area (Å²) in [4.78, 5) is 38.0. The quantitative estimate of drug-likeness (QED) is 0.531. The van der Waals surface area contributed by atoms with Gasteiger partial charge in [0.2, 0.25) is 11.8 Å². The molecule has 0 aliphatic carbocycles. The number of fused-ring (bicyclic) bond motifs is 1. The van der Waals surface area contributed by atoms with Gasteiger partial charge in [-0.25, -0.2) is 0 Å². The molecule has 5 N–H and O–H groups in total. The van der Waals surface area contributed by atoms with E-state index in [0.29, 0.717) is 37.4 Å². The molecule has 0 radical (unpaired) electrons. The van der Waals surface area contributed by atoms with E-state index in [-0.39, 0.29) is 18.2 Å². The lowest BCUT2D eigenvalue weighted by atomic mass is 10.0. The fraction of sp³-hybridized carbons (Fsp3) is 0.368. The van der Waals surface area contributed by atoms with E-state index in [1.165, 1.54) is 0 Å². The number of H-pyrrole nitrogens is 1. The molecule has 0 saturated carbocycles. The van der Waals surface area contributed by atoms with E-state index in [1.807, 2.05) is 18.2 Å². The number of carbonyl (C=O) groups is 3. The van der Waals surface area contributed by atoms with E-state index >= 15 is 0 Å². The fourth-order valence-corrected chi connectivity index (χ4v) is 3.74. The van der Waals surface area contributed by atoms with Gasteiger partial charge < -0.3 is 16.0 Å². The van der Waals surface area contributed by atoms with Crippen molar-refractivity contribution in [3.05, 3.63) is 46.6 Å². The van der Waals surface area contributed by atoms with Gasteiger partial charge in [-0.2, -0.15) is 5.10 Å². The number of aromatic amines is 1. The standard InChI is InChI=1S/C19H22N6O3/c20-7-6-12-8-16(24-23-12)21-9-11-2-1-3-13-14(11)10-25(19(13)28)15-4-5-17(26)22-18(15)27/h1-3,8,15H,4-7,9-10,20H2,(H2,21,23,24)(H,22,26,27). The normalized spacial score (nSPS) is 19.0. The number of nitrogens with zero attached hydrogens (tertiary/aromatic N) is 2. The zero-order valence-electron chi connectivity index (χ0n) is 15.3. The third-order valence-corrected chi connectivity index (χ3v) is 5.18. The van der Waals surface area contributed by atoms with E-state index in [2.05, 4.69) is 20.8 Å². The lowest BCUT2D eigenvalue weighted by Crippen LogP contribution is -2.52. The number of amides is 3. The molecular formula is C19H22N6O3. The topological polar surface area (TPSA) is 133 Å². The molecule has 0 bridgehead atoms. The summed E-state index contributed by atoms with van der Waals surface area (Å²) < 4.78 is 0. The van der Waals surface area contributed by atoms with Gasteiger partial charge in [0.05, 0.1) is 0 Å². The van der Waals surface area contributed by atoms with E-state index in [9.17, 15) is 14.4 Å². The highest BCUT2D eigenvalue weighted by Gasteiger charge is 2.39. The number of aromatic nitrogens is 2. The second-order valence-corrected chi connectivity index (χ2v) is 7.01. The Hall–Kier alpha value is -3.20. The predicted molar refractivity (Wildman–Crippen MR) is 101 cm³/mol. The summed E-state index contributed by atoms with van der Waals surface area (Å²) in [5, 5.41) is 12.7. The minimum absolute atomic E-state index is 0.170. The van der Waals surface area contributed by atoms with Gasteiger partial charge in [0.25, 0.3) is 5.91 Å². The monoisotopic (exact) mass is 382 g/mol. The average Bonchev–Trinajstić information content (AvgIpc) is 3.26. The van der Waals surface area contributed by atoms with Crippen molar-refractivity contribution in [2.24, 2.45) is 5.73 Å². The number of rotatable bonds is 6. The lowest BCUT2D eigenvalue weighted by Gasteiger charge is -2.29. The van der Waals surface area contributed by atoms with Gasteiger partial charge in [-0.1, -0.05) is 12.1 Å². The highest BCUT2D eigenvalue weighted by molar-refractivity contribution is 6.05. The minimum atomic E-state index is -0.608.